The van der Waals surface area contributed by atoms with Gasteiger partial charge in [-0.25, -0.2) is 0 Å². The molecule has 1 fully saturated rings. The summed E-state index contributed by atoms with van der Waals surface area (Å²) in [6.45, 7) is 3.17. The third-order valence-corrected chi connectivity index (χ3v) is 4.71. The van der Waals surface area contributed by atoms with Crippen LogP contribution in [0.15, 0.2) is 36.4 Å². The van der Waals surface area contributed by atoms with E-state index in [9.17, 15) is 4.79 Å². The molecule has 0 saturated carbocycles. The second-order valence-electron chi connectivity index (χ2n) is 6.21. The highest BCUT2D eigenvalue weighted by Gasteiger charge is 2.18. The number of morpholine rings is 1. The van der Waals surface area contributed by atoms with E-state index >= 15 is 0 Å². The Morgan fingerprint density at radius 2 is 1.93 bits per heavy atom. The minimum absolute atomic E-state index is 0.117. The van der Waals surface area contributed by atoms with Crippen LogP contribution in [0.5, 0.6) is 11.5 Å². The van der Waals surface area contributed by atoms with Gasteiger partial charge in [-0.15, -0.1) is 0 Å². The molecular formula is C19H20ClN3O4. The first-order valence-electron chi connectivity index (χ1n) is 8.75. The molecule has 0 radical (unpaired) electrons. The number of para-hydroxylation sites is 1. The van der Waals surface area contributed by atoms with E-state index in [4.69, 9.17) is 25.8 Å². The van der Waals surface area contributed by atoms with Gasteiger partial charge in [-0.2, -0.15) is 0 Å². The monoisotopic (exact) mass is 389 g/mol. The number of nitrogens with zero attached hydrogens (tertiary/aromatic N) is 1. The van der Waals surface area contributed by atoms with E-state index in [0.717, 1.165) is 24.5 Å². The number of amides is 1. The highest BCUT2D eigenvalue weighted by molar-refractivity contribution is 6.34. The van der Waals surface area contributed by atoms with Crippen molar-refractivity contribution in [3.63, 3.8) is 0 Å². The Hall–Kier alpha value is -2.64. The average Bonchev–Trinajstić information content (AvgIpc) is 3.15. The van der Waals surface area contributed by atoms with E-state index in [1.165, 1.54) is 0 Å². The smallest absolute Gasteiger partial charge is 0.243 e. The molecule has 1 saturated heterocycles. The molecule has 7 nitrogen and oxygen atoms in total. The zero-order valence-corrected chi connectivity index (χ0v) is 15.4. The number of halogens is 1. The number of rotatable bonds is 5. The molecule has 0 bridgehead atoms. The molecule has 0 unspecified atom stereocenters. The van der Waals surface area contributed by atoms with Crippen LogP contribution in [-0.2, 0) is 9.53 Å². The molecule has 2 aliphatic heterocycles. The molecule has 0 aliphatic carbocycles. The van der Waals surface area contributed by atoms with Crippen molar-refractivity contribution >= 4 is 34.6 Å². The molecule has 2 heterocycles. The fourth-order valence-corrected chi connectivity index (χ4v) is 3.42. The third kappa shape index (κ3) is 4.04. The van der Waals surface area contributed by atoms with Crippen molar-refractivity contribution in [3.8, 4) is 11.5 Å². The first-order valence-corrected chi connectivity index (χ1v) is 9.13. The molecule has 0 aromatic heterocycles. The van der Waals surface area contributed by atoms with E-state index in [1.54, 1.807) is 18.2 Å². The summed E-state index contributed by atoms with van der Waals surface area (Å²) in [6, 6.07) is 10.9. The topological polar surface area (TPSA) is 72.1 Å². The van der Waals surface area contributed by atoms with Crippen LogP contribution in [-0.4, -0.2) is 45.5 Å². The van der Waals surface area contributed by atoms with Gasteiger partial charge in [0.2, 0.25) is 12.7 Å². The lowest BCUT2D eigenvalue weighted by atomic mass is 10.2. The zero-order valence-electron chi connectivity index (χ0n) is 14.7. The van der Waals surface area contributed by atoms with Gasteiger partial charge in [0.15, 0.2) is 11.5 Å². The second kappa shape index (κ2) is 7.94. The normalized spacial score (nSPS) is 15.5. The predicted octanol–water partition coefficient (Wildman–Crippen LogP) is 2.96. The van der Waals surface area contributed by atoms with Gasteiger partial charge < -0.3 is 29.7 Å². The maximum atomic E-state index is 12.3. The molecule has 2 aliphatic rings. The Morgan fingerprint density at radius 3 is 2.78 bits per heavy atom. The van der Waals surface area contributed by atoms with Crippen molar-refractivity contribution in [1.82, 2.24) is 0 Å². The third-order valence-electron chi connectivity index (χ3n) is 4.41. The van der Waals surface area contributed by atoms with E-state index < -0.39 is 0 Å². The Bertz CT molecular complexity index is 840. The average molecular weight is 390 g/mol. The Morgan fingerprint density at radius 1 is 1.11 bits per heavy atom. The van der Waals surface area contributed by atoms with Crippen LogP contribution in [0.1, 0.15) is 0 Å². The van der Waals surface area contributed by atoms with Crippen LogP contribution in [0.3, 0.4) is 0 Å². The number of anilines is 3. The molecule has 0 atom stereocenters. The number of benzene rings is 2. The Balaban J connectivity index is 1.41. The van der Waals surface area contributed by atoms with Crippen molar-refractivity contribution < 1.29 is 19.0 Å². The maximum Gasteiger partial charge on any atom is 0.243 e. The highest BCUT2D eigenvalue weighted by atomic mass is 35.5. The van der Waals surface area contributed by atoms with Gasteiger partial charge in [-0.3, -0.25) is 4.79 Å². The summed E-state index contributed by atoms with van der Waals surface area (Å²) in [6.07, 6.45) is 0. The van der Waals surface area contributed by atoms with Gasteiger partial charge >= 0.3 is 0 Å². The van der Waals surface area contributed by atoms with Crippen LogP contribution >= 0.6 is 11.6 Å². The van der Waals surface area contributed by atoms with Gasteiger partial charge in [-0.1, -0.05) is 17.7 Å². The van der Waals surface area contributed by atoms with E-state index in [0.29, 0.717) is 35.4 Å². The van der Waals surface area contributed by atoms with Crippen LogP contribution < -0.4 is 25.0 Å². The minimum atomic E-state index is -0.165. The number of hydrogen-bond donors (Lipinski definition) is 2. The molecular weight excluding hydrogens is 370 g/mol. The molecule has 2 aromatic rings. The summed E-state index contributed by atoms with van der Waals surface area (Å²) in [5.74, 6) is 1.15. The SMILES string of the molecule is O=C(CNc1cccc(Cl)c1N1CCOCC1)Nc1ccc2c(c1)OCO2. The van der Waals surface area contributed by atoms with Gasteiger partial charge in [0.1, 0.15) is 0 Å². The van der Waals surface area contributed by atoms with Crippen LogP contribution in [0.25, 0.3) is 0 Å². The first kappa shape index (κ1) is 17.8. The number of hydrogen-bond acceptors (Lipinski definition) is 6. The lowest BCUT2D eigenvalue weighted by Crippen LogP contribution is -2.37. The number of ether oxygens (including phenoxy) is 3. The van der Waals surface area contributed by atoms with Crippen LogP contribution in [0, 0.1) is 0 Å². The fraction of sp³-hybridized carbons (Fsp3) is 0.316. The van der Waals surface area contributed by atoms with Crippen molar-refractivity contribution in [2.45, 2.75) is 0 Å². The summed E-state index contributed by atoms with van der Waals surface area (Å²) in [5.41, 5.74) is 2.38. The number of carbonyl (C=O) groups excluding carboxylic acids is 1. The molecule has 2 N–H and O–H groups in total. The van der Waals surface area contributed by atoms with Crippen LogP contribution in [0.4, 0.5) is 17.1 Å². The largest absolute Gasteiger partial charge is 0.454 e. The lowest BCUT2D eigenvalue weighted by Gasteiger charge is -2.31. The van der Waals surface area contributed by atoms with Crippen molar-refractivity contribution in [1.29, 1.82) is 0 Å². The summed E-state index contributed by atoms with van der Waals surface area (Å²) in [4.78, 5) is 14.5. The molecule has 4 rings (SSSR count). The standard InChI is InChI=1S/C19H20ClN3O4/c20-14-2-1-3-15(19(14)23-6-8-25-9-7-23)21-11-18(24)22-13-4-5-16-17(10-13)27-12-26-16/h1-5,10,21H,6-9,11-12H2,(H,22,24). The van der Waals surface area contributed by atoms with Gasteiger partial charge in [0, 0.05) is 24.8 Å². The van der Waals surface area contributed by atoms with Crippen LogP contribution in [0.2, 0.25) is 5.02 Å². The van der Waals surface area contributed by atoms with E-state index in [2.05, 4.69) is 15.5 Å². The molecule has 1 amide bonds. The second-order valence-corrected chi connectivity index (χ2v) is 6.61. The predicted molar refractivity (Wildman–Crippen MR) is 104 cm³/mol. The first-order chi connectivity index (χ1) is 13.2. The summed E-state index contributed by atoms with van der Waals surface area (Å²) < 4.78 is 16.0. The maximum absolute atomic E-state index is 12.3. The van der Waals surface area contributed by atoms with Crippen molar-refractivity contribution in [2.24, 2.45) is 0 Å². The highest BCUT2D eigenvalue weighted by Crippen LogP contribution is 2.35. The zero-order chi connectivity index (χ0) is 18.6. The van der Waals surface area contributed by atoms with Gasteiger partial charge in [-0.05, 0) is 24.3 Å². The lowest BCUT2D eigenvalue weighted by molar-refractivity contribution is -0.114. The molecule has 2 aromatic carbocycles. The van der Waals surface area contributed by atoms with E-state index in [1.807, 2.05) is 18.2 Å². The molecule has 8 heteroatoms. The fourth-order valence-electron chi connectivity index (χ4n) is 3.12. The van der Waals surface area contributed by atoms with Crippen molar-refractivity contribution in [3.05, 3.63) is 41.4 Å². The van der Waals surface area contributed by atoms with Gasteiger partial charge in [0.25, 0.3) is 0 Å². The molecule has 142 valence electrons. The number of carbonyl (C=O) groups is 1. The Kier molecular flexibility index (Phi) is 5.22. The molecule has 27 heavy (non-hydrogen) atoms. The summed E-state index contributed by atoms with van der Waals surface area (Å²) in [5, 5.41) is 6.69. The number of fused-ring (bicyclic) bond motifs is 1. The van der Waals surface area contributed by atoms with Crippen molar-refractivity contribution in [2.75, 3.05) is 55.2 Å². The number of nitrogens with one attached hydrogen (secondary N) is 2. The summed E-state index contributed by atoms with van der Waals surface area (Å²) >= 11 is 6.41. The van der Waals surface area contributed by atoms with Gasteiger partial charge in [0.05, 0.1) is 36.2 Å². The Labute approximate surface area is 162 Å². The summed E-state index contributed by atoms with van der Waals surface area (Å²) in [7, 11) is 0. The minimum Gasteiger partial charge on any atom is -0.454 e. The van der Waals surface area contributed by atoms with E-state index in [-0.39, 0.29) is 19.2 Å². The quantitative estimate of drug-likeness (QED) is 0.819. The molecule has 0 spiro atoms.